The third-order valence-electron chi connectivity index (χ3n) is 11.5. The first-order valence-corrected chi connectivity index (χ1v) is 16.9. The van der Waals surface area contributed by atoms with Gasteiger partial charge in [0.25, 0.3) is 0 Å². The van der Waals surface area contributed by atoms with E-state index in [4.69, 9.17) is 4.42 Å². The molecule has 11 rings (SSSR count). The van der Waals surface area contributed by atoms with E-state index < -0.39 is 5.41 Å². The summed E-state index contributed by atoms with van der Waals surface area (Å²) in [5, 5.41) is 4.90. The molecule has 0 amide bonds. The van der Waals surface area contributed by atoms with Crippen molar-refractivity contribution in [3.63, 3.8) is 0 Å². The Morgan fingerprint density at radius 2 is 1.06 bits per heavy atom. The smallest absolute Gasteiger partial charge is 0.135 e. The summed E-state index contributed by atoms with van der Waals surface area (Å²) in [7, 11) is 0. The quantitative estimate of drug-likeness (QED) is 0.180. The first kappa shape index (κ1) is 26.2. The number of hydrogen-bond acceptors (Lipinski definition) is 1. The molecule has 2 heteroatoms. The predicted molar refractivity (Wildman–Crippen MR) is 197 cm³/mol. The molecule has 0 bridgehead atoms. The Bertz CT molecular complexity index is 2830. The number of rotatable bonds is 1. The van der Waals surface area contributed by atoms with Crippen LogP contribution in [0.25, 0.3) is 60.6 Å². The van der Waals surface area contributed by atoms with Crippen molar-refractivity contribution < 1.29 is 4.42 Å². The lowest BCUT2D eigenvalue weighted by atomic mass is 9.53. The van der Waals surface area contributed by atoms with E-state index in [0.717, 1.165) is 21.9 Å². The maximum Gasteiger partial charge on any atom is 0.135 e. The number of furan rings is 1. The summed E-state index contributed by atoms with van der Waals surface area (Å²) in [4.78, 5) is 0. The molecule has 0 saturated heterocycles. The minimum absolute atomic E-state index is 0.187. The molecule has 1 spiro atoms. The molecular formula is C46H31NO. The normalized spacial score (nSPS) is 17.2. The van der Waals surface area contributed by atoms with Crippen LogP contribution in [0.4, 0.5) is 0 Å². The fourth-order valence-corrected chi connectivity index (χ4v) is 9.41. The molecule has 1 aliphatic carbocycles. The summed E-state index contributed by atoms with van der Waals surface area (Å²) in [6.07, 6.45) is 0. The minimum atomic E-state index is -0.510. The highest BCUT2D eigenvalue weighted by molar-refractivity contribution is 6.12. The van der Waals surface area contributed by atoms with Crippen molar-refractivity contribution in [2.24, 2.45) is 0 Å². The molecule has 7 aromatic carbocycles. The van der Waals surface area contributed by atoms with E-state index in [1.54, 1.807) is 0 Å². The maximum absolute atomic E-state index is 6.22. The van der Waals surface area contributed by atoms with Gasteiger partial charge in [0.15, 0.2) is 0 Å². The molecule has 0 saturated carbocycles. The molecular weight excluding hydrogens is 583 g/mol. The number of para-hydroxylation sites is 4. The second kappa shape index (κ2) is 8.93. The maximum atomic E-state index is 6.22. The highest BCUT2D eigenvalue weighted by Crippen LogP contribution is 2.60. The fraction of sp³-hybridized carbons (Fsp3) is 0.0870. The van der Waals surface area contributed by atoms with Crippen LogP contribution in [0.15, 0.2) is 156 Å². The SMILES string of the molecule is CC1(C)c2ccccc2C2(c3ccccc3-n3c4ccccc4c4cccc2c43)c2cc(-c3ccc4oc5ccccc5c4c3)ccc21. The highest BCUT2D eigenvalue weighted by atomic mass is 16.3. The molecule has 1 unspecified atom stereocenters. The minimum Gasteiger partial charge on any atom is -0.456 e. The number of benzene rings is 7. The Morgan fingerprint density at radius 3 is 1.96 bits per heavy atom. The van der Waals surface area contributed by atoms with Crippen molar-refractivity contribution >= 4 is 43.7 Å². The van der Waals surface area contributed by atoms with Gasteiger partial charge in [0.05, 0.1) is 22.1 Å². The van der Waals surface area contributed by atoms with Crippen LogP contribution in [0.1, 0.15) is 47.2 Å². The standard InChI is InChI=1S/C46H31NO/c1-45(2)34-15-5-6-16-36(34)46(37-17-7-9-20-41(37)47-40-19-8-3-12-30(40)32-14-11-18-38(46)44(32)47)39-27-29(22-24-35(39)45)28-23-25-43-33(26-28)31-13-4-10-21-42(31)48-43/h3-27H,1-2H3. The van der Waals surface area contributed by atoms with Crippen LogP contribution >= 0.6 is 0 Å². The van der Waals surface area contributed by atoms with Crippen LogP contribution in [0.3, 0.4) is 0 Å². The van der Waals surface area contributed by atoms with E-state index >= 15 is 0 Å². The van der Waals surface area contributed by atoms with Gasteiger partial charge in [-0.05, 0) is 80.9 Å². The van der Waals surface area contributed by atoms with Crippen LogP contribution in [-0.4, -0.2) is 4.57 Å². The van der Waals surface area contributed by atoms with Crippen LogP contribution in [0.2, 0.25) is 0 Å². The van der Waals surface area contributed by atoms with Crippen LogP contribution in [-0.2, 0) is 10.8 Å². The first-order valence-electron chi connectivity index (χ1n) is 16.9. The average molecular weight is 614 g/mol. The third kappa shape index (κ3) is 3.04. The van der Waals surface area contributed by atoms with E-state index in [-0.39, 0.29) is 5.41 Å². The summed E-state index contributed by atoms with van der Waals surface area (Å²) < 4.78 is 8.74. The Morgan fingerprint density at radius 1 is 0.438 bits per heavy atom. The average Bonchev–Trinajstić information content (AvgIpc) is 3.68. The molecule has 3 heterocycles. The van der Waals surface area contributed by atoms with E-state index in [2.05, 4.69) is 164 Å². The third-order valence-corrected chi connectivity index (χ3v) is 11.5. The van der Waals surface area contributed by atoms with E-state index in [1.165, 1.54) is 72.0 Å². The van der Waals surface area contributed by atoms with Gasteiger partial charge < -0.3 is 8.98 Å². The van der Waals surface area contributed by atoms with Gasteiger partial charge in [-0.15, -0.1) is 0 Å². The first-order chi connectivity index (χ1) is 23.6. The fourth-order valence-electron chi connectivity index (χ4n) is 9.41. The van der Waals surface area contributed by atoms with Crippen LogP contribution < -0.4 is 0 Å². The topological polar surface area (TPSA) is 18.1 Å². The second-order valence-electron chi connectivity index (χ2n) is 14.1. The molecule has 0 N–H and O–H groups in total. The number of fused-ring (bicyclic) bond motifs is 14. The molecule has 2 nitrogen and oxygen atoms in total. The zero-order valence-electron chi connectivity index (χ0n) is 26.8. The molecule has 1 aliphatic heterocycles. The van der Waals surface area contributed by atoms with Gasteiger partial charge >= 0.3 is 0 Å². The monoisotopic (exact) mass is 613 g/mol. The van der Waals surface area contributed by atoms with E-state index in [9.17, 15) is 0 Å². The predicted octanol–water partition coefficient (Wildman–Crippen LogP) is 11.7. The largest absolute Gasteiger partial charge is 0.456 e. The lowest BCUT2D eigenvalue weighted by Crippen LogP contribution is -2.44. The molecule has 1 atom stereocenters. The second-order valence-corrected chi connectivity index (χ2v) is 14.1. The lowest BCUT2D eigenvalue weighted by Gasteiger charge is -2.50. The number of hydrogen-bond donors (Lipinski definition) is 0. The molecule has 9 aromatic rings. The van der Waals surface area contributed by atoms with Crippen LogP contribution in [0.5, 0.6) is 0 Å². The van der Waals surface area contributed by atoms with Gasteiger partial charge in [0.2, 0.25) is 0 Å². The summed E-state index contributed by atoms with van der Waals surface area (Å²) in [6, 6.07) is 56.4. The summed E-state index contributed by atoms with van der Waals surface area (Å²) in [5.41, 5.74) is 15.5. The molecule has 226 valence electrons. The van der Waals surface area contributed by atoms with Crippen molar-refractivity contribution in [2.45, 2.75) is 24.7 Å². The van der Waals surface area contributed by atoms with Gasteiger partial charge in [-0.1, -0.05) is 129 Å². The summed E-state index contributed by atoms with van der Waals surface area (Å²) in [5.74, 6) is 0. The zero-order chi connectivity index (χ0) is 31.8. The molecule has 0 fully saturated rings. The number of nitrogens with zero attached hydrogens (tertiary/aromatic N) is 1. The summed E-state index contributed by atoms with van der Waals surface area (Å²) >= 11 is 0. The van der Waals surface area contributed by atoms with Gasteiger partial charge in [-0.25, -0.2) is 0 Å². The van der Waals surface area contributed by atoms with Crippen molar-refractivity contribution in [2.75, 3.05) is 0 Å². The number of aromatic nitrogens is 1. The van der Waals surface area contributed by atoms with Crippen molar-refractivity contribution in [3.05, 3.63) is 185 Å². The Labute approximate surface area is 278 Å². The Kier molecular flexibility index (Phi) is 4.88. The van der Waals surface area contributed by atoms with Crippen molar-refractivity contribution in [3.8, 4) is 16.8 Å². The molecule has 2 aromatic heterocycles. The Hall–Kier alpha value is -5.86. The van der Waals surface area contributed by atoms with E-state index in [1.807, 2.05) is 6.07 Å². The van der Waals surface area contributed by atoms with Crippen LogP contribution in [0, 0.1) is 0 Å². The lowest BCUT2D eigenvalue weighted by molar-refractivity contribution is 0.556. The summed E-state index contributed by atoms with van der Waals surface area (Å²) in [6.45, 7) is 4.79. The Balaban J connectivity index is 1.30. The molecule has 2 aliphatic rings. The van der Waals surface area contributed by atoms with Gasteiger partial charge in [-0.3, -0.25) is 0 Å². The van der Waals surface area contributed by atoms with Gasteiger partial charge in [0.1, 0.15) is 11.2 Å². The van der Waals surface area contributed by atoms with E-state index in [0.29, 0.717) is 0 Å². The highest BCUT2D eigenvalue weighted by Gasteiger charge is 2.52. The van der Waals surface area contributed by atoms with Gasteiger partial charge in [-0.2, -0.15) is 0 Å². The molecule has 48 heavy (non-hydrogen) atoms. The van der Waals surface area contributed by atoms with Gasteiger partial charge in [0, 0.05) is 27.0 Å². The van der Waals surface area contributed by atoms with Crippen molar-refractivity contribution in [1.82, 2.24) is 4.57 Å². The van der Waals surface area contributed by atoms with Crippen molar-refractivity contribution in [1.29, 1.82) is 0 Å². The molecule has 0 radical (unpaired) electrons. The zero-order valence-corrected chi connectivity index (χ0v) is 26.8.